The van der Waals surface area contributed by atoms with E-state index in [4.69, 9.17) is 4.42 Å². The molecule has 3 aromatic rings. The van der Waals surface area contributed by atoms with Crippen LogP contribution in [0.5, 0.6) is 0 Å². The molecular weight excluding hydrogens is 370 g/mol. The molecule has 28 heavy (non-hydrogen) atoms. The lowest BCUT2D eigenvalue weighted by Crippen LogP contribution is -2.13. The molecule has 0 bridgehead atoms. The zero-order valence-electron chi connectivity index (χ0n) is 15.8. The Bertz CT molecular complexity index is 980. The first-order chi connectivity index (χ1) is 13.3. The fourth-order valence-electron chi connectivity index (χ4n) is 2.42. The van der Waals surface area contributed by atoms with Crippen molar-refractivity contribution >= 4 is 17.4 Å². The Balaban J connectivity index is 1.83. The van der Waals surface area contributed by atoms with Gasteiger partial charge < -0.3 is 14.6 Å². The van der Waals surface area contributed by atoms with E-state index < -0.39 is 18.0 Å². The molecule has 0 saturated heterocycles. The molecule has 0 unspecified atom stereocenters. The molecule has 8 nitrogen and oxygen atoms in total. The SMILES string of the molecule is CC(C)n1cc(NC(=O)c2coc(-c3ccnc(N(C)C)c3)n2)c(C(F)F)n1. The number of rotatable bonds is 6. The summed E-state index contributed by atoms with van der Waals surface area (Å²) < 4.78 is 33.2. The molecule has 1 N–H and O–H groups in total. The van der Waals surface area contributed by atoms with Gasteiger partial charge in [0.15, 0.2) is 11.4 Å². The van der Waals surface area contributed by atoms with E-state index in [1.54, 1.807) is 32.2 Å². The van der Waals surface area contributed by atoms with Crippen molar-refractivity contribution in [3.05, 3.63) is 42.2 Å². The number of carbonyl (C=O) groups excluding carboxylic acids is 1. The number of hydrogen-bond acceptors (Lipinski definition) is 6. The van der Waals surface area contributed by atoms with E-state index in [1.165, 1.54) is 17.1 Å². The van der Waals surface area contributed by atoms with Crippen LogP contribution in [0.25, 0.3) is 11.5 Å². The number of carbonyl (C=O) groups is 1. The van der Waals surface area contributed by atoms with Crippen LogP contribution in [0.1, 0.15) is 42.5 Å². The van der Waals surface area contributed by atoms with Crippen molar-refractivity contribution in [2.75, 3.05) is 24.3 Å². The van der Waals surface area contributed by atoms with Gasteiger partial charge in [-0.15, -0.1) is 0 Å². The van der Waals surface area contributed by atoms with Crippen LogP contribution in [0.2, 0.25) is 0 Å². The lowest BCUT2D eigenvalue weighted by atomic mass is 10.2. The Morgan fingerprint density at radius 3 is 2.71 bits per heavy atom. The molecule has 0 saturated carbocycles. The average Bonchev–Trinajstić information content (AvgIpc) is 3.29. The van der Waals surface area contributed by atoms with Crippen molar-refractivity contribution in [2.45, 2.75) is 26.3 Å². The lowest BCUT2D eigenvalue weighted by molar-refractivity contribution is 0.102. The van der Waals surface area contributed by atoms with Gasteiger partial charge >= 0.3 is 0 Å². The van der Waals surface area contributed by atoms with Crippen molar-refractivity contribution in [1.82, 2.24) is 19.7 Å². The second-order valence-electron chi connectivity index (χ2n) is 6.59. The quantitative estimate of drug-likeness (QED) is 0.689. The van der Waals surface area contributed by atoms with Crippen molar-refractivity contribution < 1.29 is 18.0 Å². The predicted molar refractivity (Wildman–Crippen MR) is 99.6 cm³/mol. The third-order valence-corrected chi connectivity index (χ3v) is 3.93. The van der Waals surface area contributed by atoms with Gasteiger partial charge in [-0.25, -0.2) is 18.7 Å². The van der Waals surface area contributed by atoms with Gasteiger partial charge in [-0.2, -0.15) is 5.10 Å². The molecule has 0 aliphatic carbocycles. The van der Waals surface area contributed by atoms with Gasteiger partial charge in [-0.05, 0) is 26.0 Å². The van der Waals surface area contributed by atoms with Crippen molar-refractivity contribution in [3.63, 3.8) is 0 Å². The summed E-state index contributed by atoms with van der Waals surface area (Å²) in [6, 6.07) is 3.33. The molecule has 0 radical (unpaired) electrons. The molecular formula is C18H20F2N6O2. The number of aromatic nitrogens is 4. The average molecular weight is 390 g/mol. The maximum atomic E-state index is 13.2. The summed E-state index contributed by atoms with van der Waals surface area (Å²) in [6.07, 6.45) is 1.33. The maximum Gasteiger partial charge on any atom is 0.284 e. The summed E-state index contributed by atoms with van der Waals surface area (Å²) in [5.41, 5.74) is 0.0574. The molecule has 0 aliphatic rings. The van der Waals surface area contributed by atoms with Crippen LogP contribution >= 0.6 is 0 Å². The summed E-state index contributed by atoms with van der Waals surface area (Å²) >= 11 is 0. The predicted octanol–water partition coefficient (Wildman–Crippen LogP) is 3.77. The summed E-state index contributed by atoms with van der Waals surface area (Å²) in [7, 11) is 3.69. The number of oxazole rings is 1. The van der Waals surface area contributed by atoms with E-state index in [-0.39, 0.29) is 23.3 Å². The Morgan fingerprint density at radius 1 is 1.32 bits per heavy atom. The van der Waals surface area contributed by atoms with Gasteiger partial charge in [0.25, 0.3) is 12.3 Å². The van der Waals surface area contributed by atoms with Crippen LogP contribution < -0.4 is 10.2 Å². The molecule has 3 heterocycles. The third-order valence-electron chi connectivity index (χ3n) is 3.93. The number of pyridine rings is 1. The van der Waals surface area contributed by atoms with Gasteiger partial charge in [-0.3, -0.25) is 9.48 Å². The number of nitrogens with zero attached hydrogens (tertiary/aromatic N) is 5. The number of anilines is 2. The fraction of sp³-hybridized carbons (Fsp3) is 0.333. The minimum atomic E-state index is -2.82. The Morgan fingerprint density at radius 2 is 2.07 bits per heavy atom. The molecule has 0 spiro atoms. The summed E-state index contributed by atoms with van der Waals surface area (Å²) in [5, 5.41) is 6.26. The van der Waals surface area contributed by atoms with E-state index in [0.29, 0.717) is 11.4 Å². The van der Waals surface area contributed by atoms with Crippen LogP contribution in [-0.4, -0.2) is 39.8 Å². The van der Waals surface area contributed by atoms with Crippen LogP contribution in [0.3, 0.4) is 0 Å². The molecule has 3 rings (SSSR count). The zero-order valence-corrected chi connectivity index (χ0v) is 15.8. The third kappa shape index (κ3) is 4.00. The number of hydrogen-bond donors (Lipinski definition) is 1. The maximum absolute atomic E-state index is 13.2. The fourth-order valence-corrected chi connectivity index (χ4v) is 2.42. The smallest absolute Gasteiger partial charge is 0.284 e. The Labute approximate surface area is 160 Å². The van der Waals surface area contributed by atoms with Crippen LogP contribution in [0.4, 0.5) is 20.3 Å². The number of alkyl halides is 2. The Kier molecular flexibility index (Phi) is 5.39. The summed E-state index contributed by atoms with van der Waals surface area (Å²) in [6.45, 7) is 3.60. The number of amides is 1. The van der Waals surface area contributed by atoms with Gasteiger partial charge in [0, 0.05) is 38.1 Å². The second-order valence-corrected chi connectivity index (χ2v) is 6.59. The normalized spacial score (nSPS) is 11.3. The van der Waals surface area contributed by atoms with Crippen molar-refractivity contribution in [1.29, 1.82) is 0 Å². The van der Waals surface area contributed by atoms with Crippen LogP contribution in [-0.2, 0) is 0 Å². The van der Waals surface area contributed by atoms with Gasteiger partial charge in [0.2, 0.25) is 5.89 Å². The molecule has 148 valence electrons. The van der Waals surface area contributed by atoms with E-state index in [9.17, 15) is 13.6 Å². The summed E-state index contributed by atoms with van der Waals surface area (Å²) in [4.78, 5) is 22.6. The number of nitrogens with one attached hydrogen (secondary N) is 1. The van der Waals surface area contributed by atoms with Crippen LogP contribution in [0.15, 0.2) is 35.2 Å². The minimum absolute atomic E-state index is 0.0317. The monoisotopic (exact) mass is 390 g/mol. The molecule has 1 amide bonds. The zero-order chi connectivity index (χ0) is 20.4. The number of halogens is 2. The highest BCUT2D eigenvalue weighted by Crippen LogP contribution is 2.28. The first-order valence-electron chi connectivity index (χ1n) is 8.54. The first kappa shape index (κ1) is 19.5. The first-order valence-corrected chi connectivity index (χ1v) is 8.54. The second kappa shape index (κ2) is 7.75. The Hall–Kier alpha value is -3.30. The molecule has 0 aromatic carbocycles. The van der Waals surface area contributed by atoms with Gasteiger partial charge in [-0.1, -0.05) is 0 Å². The van der Waals surface area contributed by atoms with E-state index >= 15 is 0 Å². The highest BCUT2D eigenvalue weighted by molar-refractivity contribution is 6.03. The van der Waals surface area contributed by atoms with E-state index in [2.05, 4.69) is 20.4 Å². The molecule has 3 aromatic heterocycles. The van der Waals surface area contributed by atoms with Gasteiger partial charge in [0.1, 0.15) is 12.1 Å². The van der Waals surface area contributed by atoms with Gasteiger partial charge in [0.05, 0.1) is 5.69 Å². The molecule has 10 heteroatoms. The highest BCUT2D eigenvalue weighted by Gasteiger charge is 2.22. The molecule has 0 atom stereocenters. The van der Waals surface area contributed by atoms with Crippen LogP contribution in [0, 0.1) is 0 Å². The molecule has 0 fully saturated rings. The van der Waals surface area contributed by atoms with Crippen molar-refractivity contribution in [3.8, 4) is 11.5 Å². The summed E-state index contributed by atoms with van der Waals surface area (Å²) in [5.74, 6) is 0.258. The largest absolute Gasteiger partial charge is 0.444 e. The van der Waals surface area contributed by atoms with Crippen molar-refractivity contribution in [2.24, 2.45) is 0 Å². The standard InChI is InChI=1S/C18H20F2N6O2/c1-10(2)26-8-12(15(24-26)16(19)20)22-17(27)13-9-28-18(23-13)11-5-6-21-14(7-11)25(3)4/h5-10,16H,1-4H3,(H,22,27). The molecule has 0 aliphatic heterocycles. The minimum Gasteiger partial charge on any atom is -0.444 e. The van der Waals surface area contributed by atoms with E-state index in [1.807, 2.05) is 19.0 Å². The lowest BCUT2D eigenvalue weighted by Gasteiger charge is -2.10. The van der Waals surface area contributed by atoms with E-state index in [0.717, 1.165) is 0 Å². The highest BCUT2D eigenvalue weighted by atomic mass is 19.3. The topological polar surface area (TPSA) is 89.1 Å².